The first-order valence-electron chi connectivity index (χ1n) is 6.44. The Hall–Kier alpha value is -1.96. The Balaban J connectivity index is 2.01. The Kier molecular flexibility index (Phi) is 4.03. The van der Waals surface area contributed by atoms with Crippen molar-refractivity contribution in [1.29, 1.82) is 0 Å². The van der Waals surface area contributed by atoms with Crippen LogP contribution in [-0.4, -0.2) is 34.8 Å². The minimum Gasteiger partial charge on any atom is -0.368 e. The van der Waals surface area contributed by atoms with Gasteiger partial charge in [-0.3, -0.25) is 9.59 Å². The molecule has 2 heterocycles. The summed E-state index contributed by atoms with van der Waals surface area (Å²) in [6, 6.07) is 0. The molecule has 110 valence electrons. The van der Waals surface area contributed by atoms with Crippen molar-refractivity contribution in [3.8, 4) is 0 Å². The van der Waals surface area contributed by atoms with Gasteiger partial charge in [0.25, 0.3) is 5.91 Å². The van der Waals surface area contributed by atoms with Crippen molar-refractivity contribution >= 4 is 23.5 Å². The number of carbonyl (C=O) groups is 2. The Morgan fingerprint density at radius 2 is 1.85 bits per heavy atom. The fourth-order valence-electron chi connectivity index (χ4n) is 1.63. The van der Waals surface area contributed by atoms with Crippen molar-refractivity contribution in [1.82, 2.24) is 10.3 Å². The number of anilines is 2. The molecule has 1 fully saturated rings. The molecule has 8 heteroatoms. The number of ether oxygens (including phenoxy) is 1. The van der Waals surface area contributed by atoms with Crippen molar-refractivity contribution in [2.24, 2.45) is 5.41 Å². The van der Waals surface area contributed by atoms with Gasteiger partial charge in [-0.05, 0) is 23.2 Å². The highest BCUT2D eigenvalue weighted by atomic mass is 16.6. The lowest BCUT2D eigenvalue weighted by molar-refractivity contribution is -0.125. The van der Waals surface area contributed by atoms with E-state index in [-0.39, 0.29) is 23.5 Å². The molecule has 0 radical (unpaired) electrons. The second kappa shape index (κ2) is 5.58. The number of nitrogens with zero attached hydrogens (tertiary/aromatic N) is 2. The Labute approximate surface area is 116 Å². The number of rotatable bonds is 3. The van der Waals surface area contributed by atoms with Gasteiger partial charge in [0.1, 0.15) is 6.10 Å². The first kappa shape index (κ1) is 14.4. The van der Waals surface area contributed by atoms with Crippen LogP contribution in [0.5, 0.6) is 0 Å². The SMILES string of the molecule is CC(C)(C)C(=O)Nc1nonc1NC(=O)[C@H]1CCCO1. The van der Waals surface area contributed by atoms with Crippen molar-refractivity contribution in [3.63, 3.8) is 0 Å². The molecule has 0 saturated carbocycles. The van der Waals surface area contributed by atoms with Crippen LogP contribution in [-0.2, 0) is 14.3 Å². The third kappa shape index (κ3) is 3.32. The minimum atomic E-state index is -0.588. The van der Waals surface area contributed by atoms with E-state index in [1.165, 1.54) is 0 Å². The highest BCUT2D eigenvalue weighted by Crippen LogP contribution is 2.22. The third-order valence-electron chi connectivity index (χ3n) is 2.87. The fraction of sp³-hybridized carbons (Fsp3) is 0.667. The first-order chi connectivity index (χ1) is 9.38. The maximum absolute atomic E-state index is 11.9. The van der Waals surface area contributed by atoms with Crippen LogP contribution < -0.4 is 10.6 Å². The van der Waals surface area contributed by atoms with Crippen LogP contribution in [0.4, 0.5) is 11.6 Å². The largest absolute Gasteiger partial charge is 0.368 e. The van der Waals surface area contributed by atoms with Gasteiger partial charge in [0.05, 0.1) is 0 Å². The smallest absolute Gasteiger partial charge is 0.254 e. The highest BCUT2D eigenvalue weighted by molar-refractivity contribution is 6.00. The maximum atomic E-state index is 11.9. The van der Waals surface area contributed by atoms with Crippen molar-refractivity contribution in [2.75, 3.05) is 17.2 Å². The summed E-state index contributed by atoms with van der Waals surface area (Å²) in [6.45, 7) is 5.87. The minimum absolute atomic E-state index is 0.0862. The van der Waals surface area contributed by atoms with Crippen molar-refractivity contribution in [3.05, 3.63) is 0 Å². The van der Waals surface area contributed by atoms with E-state index in [0.29, 0.717) is 13.0 Å². The van der Waals surface area contributed by atoms with E-state index in [4.69, 9.17) is 4.74 Å². The predicted octanol–water partition coefficient (Wildman–Crippen LogP) is 1.17. The summed E-state index contributed by atoms with van der Waals surface area (Å²) >= 11 is 0. The summed E-state index contributed by atoms with van der Waals surface area (Å²) in [5.74, 6) is -0.385. The van der Waals surface area contributed by atoms with Gasteiger partial charge in [0.15, 0.2) is 0 Å². The molecule has 1 aliphatic rings. The van der Waals surface area contributed by atoms with E-state index in [1.54, 1.807) is 20.8 Å². The van der Waals surface area contributed by atoms with Gasteiger partial charge in [-0.25, -0.2) is 4.63 Å². The molecule has 1 aliphatic heterocycles. The predicted molar refractivity (Wildman–Crippen MR) is 70.0 cm³/mol. The van der Waals surface area contributed by atoms with Crippen LogP contribution in [0.1, 0.15) is 33.6 Å². The van der Waals surface area contributed by atoms with Crippen LogP contribution in [0, 0.1) is 5.41 Å². The van der Waals surface area contributed by atoms with Crippen LogP contribution in [0.15, 0.2) is 4.63 Å². The highest BCUT2D eigenvalue weighted by Gasteiger charge is 2.27. The number of carbonyl (C=O) groups excluding carboxylic acids is 2. The molecule has 1 atom stereocenters. The molecule has 0 spiro atoms. The molecule has 0 aliphatic carbocycles. The zero-order valence-electron chi connectivity index (χ0n) is 11.7. The molecule has 1 aromatic heterocycles. The van der Waals surface area contributed by atoms with Gasteiger partial charge in [0, 0.05) is 12.0 Å². The molecule has 1 aromatic rings. The van der Waals surface area contributed by atoms with E-state index in [9.17, 15) is 9.59 Å². The van der Waals surface area contributed by atoms with E-state index >= 15 is 0 Å². The summed E-state index contributed by atoms with van der Waals surface area (Å²) in [5, 5.41) is 12.3. The molecule has 2 N–H and O–H groups in total. The topological polar surface area (TPSA) is 106 Å². The van der Waals surface area contributed by atoms with Crippen LogP contribution >= 0.6 is 0 Å². The lowest BCUT2D eigenvalue weighted by Gasteiger charge is -2.16. The molecule has 8 nitrogen and oxygen atoms in total. The van der Waals surface area contributed by atoms with E-state index in [0.717, 1.165) is 6.42 Å². The van der Waals surface area contributed by atoms with Gasteiger partial charge in [0.2, 0.25) is 17.5 Å². The van der Waals surface area contributed by atoms with E-state index in [2.05, 4.69) is 25.6 Å². The molecular formula is C12H18N4O4. The van der Waals surface area contributed by atoms with Crippen LogP contribution in [0.25, 0.3) is 0 Å². The van der Waals surface area contributed by atoms with Gasteiger partial charge in [-0.15, -0.1) is 0 Å². The summed E-state index contributed by atoms with van der Waals surface area (Å²) in [6.07, 6.45) is 1.03. The average molecular weight is 282 g/mol. The zero-order valence-corrected chi connectivity index (χ0v) is 11.7. The van der Waals surface area contributed by atoms with Crippen molar-refractivity contribution < 1.29 is 19.0 Å². The van der Waals surface area contributed by atoms with Gasteiger partial charge < -0.3 is 15.4 Å². The molecular weight excluding hydrogens is 264 g/mol. The number of hydrogen-bond donors (Lipinski definition) is 2. The Morgan fingerprint density at radius 1 is 1.20 bits per heavy atom. The lowest BCUT2D eigenvalue weighted by atomic mass is 9.96. The monoisotopic (exact) mass is 282 g/mol. The first-order valence-corrected chi connectivity index (χ1v) is 6.44. The number of nitrogens with one attached hydrogen (secondary N) is 2. The molecule has 20 heavy (non-hydrogen) atoms. The average Bonchev–Trinajstić information content (AvgIpc) is 2.99. The number of hydrogen-bond acceptors (Lipinski definition) is 6. The molecule has 2 rings (SSSR count). The standard InChI is InChI=1S/C12H18N4O4/c1-12(2,3)11(18)14-9-8(15-20-16-9)13-10(17)7-5-4-6-19-7/h7H,4-6H2,1-3H3,(H,13,15,17)(H,14,16,18)/t7-/m1/s1. The van der Waals surface area contributed by atoms with Gasteiger partial charge in [-0.2, -0.15) is 0 Å². The van der Waals surface area contributed by atoms with Crippen molar-refractivity contribution in [2.45, 2.75) is 39.7 Å². The number of aromatic nitrogens is 2. The summed E-state index contributed by atoms with van der Waals surface area (Å²) in [5.41, 5.74) is -0.588. The van der Waals surface area contributed by atoms with Crippen LogP contribution in [0.3, 0.4) is 0 Å². The summed E-state index contributed by atoms with van der Waals surface area (Å²) in [7, 11) is 0. The normalized spacial score (nSPS) is 18.9. The summed E-state index contributed by atoms with van der Waals surface area (Å²) < 4.78 is 9.81. The second-order valence-corrected chi connectivity index (χ2v) is 5.66. The third-order valence-corrected chi connectivity index (χ3v) is 2.87. The number of amides is 2. The molecule has 0 aromatic carbocycles. The maximum Gasteiger partial charge on any atom is 0.254 e. The Morgan fingerprint density at radius 3 is 2.40 bits per heavy atom. The van der Waals surface area contributed by atoms with E-state index < -0.39 is 11.5 Å². The van der Waals surface area contributed by atoms with Crippen LogP contribution in [0.2, 0.25) is 0 Å². The fourth-order valence-corrected chi connectivity index (χ4v) is 1.63. The van der Waals surface area contributed by atoms with Gasteiger partial charge in [-0.1, -0.05) is 20.8 Å². The second-order valence-electron chi connectivity index (χ2n) is 5.66. The molecule has 2 amide bonds. The quantitative estimate of drug-likeness (QED) is 0.862. The summed E-state index contributed by atoms with van der Waals surface area (Å²) in [4.78, 5) is 23.8. The van der Waals surface area contributed by atoms with Gasteiger partial charge >= 0.3 is 0 Å². The molecule has 0 unspecified atom stereocenters. The molecule has 0 bridgehead atoms. The zero-order chi connectivity index (χ0) is 14.8. The molecule has 1 saturated heterocycles. The lowest BCUT2D eigenvalue weighted by Crippen LogP contribution is -2.30. The Bertz CT molecular complexity index is 500. The van der Waals surface area contributed by atoms with E-state index in [1.807, 2.05) is 0 Å².